The van der Waals surface area contributed by atoms with Crippen molar-refractivity contribution in [1.82, 2.24) is 0 Å². The maximum atomic E-state index is 13.2. The molecule has 0 radical (unpaired) electrons. The van der Waals surface area contributed by atoms with Crippen LogP contribution in [-0.2, 0) is 5.75 Å². The van der Waals surface area contributed by atoms with Gasteiger partial charge in [0.1, 0.15) is 11.6 Å². The first kappa shape index (κ1) is 15.0. The van der Waals surface area contributed by atoms with Crippen molar-refractivity contribution in [1.29, 1.82) is 0 Å². The van der Waals surface area contributed by atoms with Crippen LogP contribution in [-0.4, -0.2) is 11.1 Å². The van der Waals surface area contributed by atoms with Crippen LogP contribution in [0.2, 0.25) is 0 Å². The molecule has 0 fully saturated rings. The van der Waals surface area contributed by atoms with E-state index in [9.17, 15) is 13.6 Å². The molecule has 0 amide bonds. The maximum absolute atomic E-state index is 13.2. The van der Waals surface area contributed by atoms with Crippen molar-refractivity contribution in [2.24, 2.45) is 0 Å². The number of hydrogen-bond acceptors (Lipinski definition) is 2. The minimum Gasteiger partial charge on any atom is -0.478 e. The number of aromatic carboxylic acids is 1. The molecule has 2 rings (SSSR count). The smallest absolute Gasteiger partial charge is 0.338 e. The lowest BCUT2D eigenvalue weighted by Crippen LogP contribution is -2.00. The number of carboxylic acids is 1. The van der Waals surface area contributed by atoms with Gasteiger partial charge in [0.15, 0.2) is 0 Å². The Bertz CT molecular complexity index is 641. The summed E-state index contributed by atoms with van der Waals surface area (Å²) in [5.41, 5.74) is 0.387. The molecule has 2 aromatic rings. The van der Waals surface area contributed by atoms with E-state index >= 15 is 0 Å². The van der Waals surface area contributed by atoms with Gasteiger partial charge < -0.3 is 5.11 Å². The lowest BCUT2D eigenvalue weighted by Gasteiger charge is -2.05. The third-order valence-electron chi connectivity index (χ3n) is 2.50. The molecule has 0 unspecified atom stereocenters. The molecule has 6 heteroatoms. The van der Waals surface area contributed by atoms with Gasteiger partial charge in [0.2, 0.25) is 0 Å². The van der Waals surface area contributed by atoms with Crippen molar-refractivity contribution in [2.75, 3.05) is 0 Å². The lowest BCUT2D eigenvalue weighted by atomic mass is 10.2. The van der Waals surface area contributed by atoms with Gasteiger partial charge in [-0.15, -0.1) is 11.8 Å². The van der Waals surface area contributed by atoms with Gasteiger partial charge >= 0.3 is 5.97 Å². The quantitative estimate of drug-likeness (QED) is 0.803. The van der Waals surface area contributed by atoms with Crippen LogP contribution < -0.4 is 0 Å². The number of benzene rings is 2. The SMILES string of the molecule is O=C(O)c1cc(SCc2cc(F)cc(Br)c2)ccc1F. The molecule has 0 spiro atoms. The number of thioether (sulfide) groups is 1. The van der Waals surface area contributed by atoms with Crippen molar-refractivity contribution in [2.45, 2.75) is 10.6 Å². The highest BCUT2D eigenvalue weighted by molar-refractivity contribution is 9.10. The van der Waals surface area contributed by atoms with Crippen LogP contribution in [0.5, 0.6) is 0 Å². The van der Waals surface area contributed by atoms with E-state index in [4.69, 9.17) is 5.11 Å². The average Bonchev–Trinajstić information content (AvgIpc) is 2.36. The van der Waals surface area contributed by atoms with Gasteiger partial charge in [-0.1, -0.05) is 15.9 Å². The first-order chi connectivity index (χ1) is 9.45. The van der Waals surface area contributed by atoms with E-state index in [1.807, 2.05) is 0 Å². The number of carbonyl (C=O) groups is 1. The molecule has 0 saturated heterocycles. The number of hydrogen-bond donors (Lipinski definition) is 1. The van der Waals surface area contributed by atoms with Gasteiger partial charge in [-0.3, -0.25) is 0 Å². The monoisotopic (exact) mass is 358 g/mol. The summed E-state index contributed by atoms with van der Waals surface area (Å²) in [5, 5.41) is 8.84. The Balaban J connectivity index is 2.14. The van der Waals surface area contributed by atoms with Gasteiger partial charge in [-0.25, -0.2) is 13.6 Å². The summed E-state index contributed by atoms with van der Waals surface area (Å²) >= 11 is 4.52. The molecule has 0 atom stereocenters. The Morgan fingerprint density at radius 3 is 2.60 bits per heavy atom. The predicted molar refractivity (Wildman–Crippen MR) is 77.0 cm³/mol. The molecule has 0 heterocycles. The van der Waals surface area contributed by atoms with Crippen LogP contribution in [0.15, 0.2) is 45.8 Å². The normalized spacial score (nSPS) is 10.6. The third kappa shape index (κ3) is 3.80. The fraction of sp³-hybridized carbons (Fsp3) is 0.0714. The highest BCUT2D eigenvalue weighted by atomic mass is 79.9. The molecule has 0 saturated carbocycles. The fourth-order valence-electron chi connectivity index (χ4n) is 1.62. The van der Waals surface area contributed by atoms with E-state index < -0.39 is 11.8 Å². The lowest BCUT2D eigenvalue weighted by molar-refractivity contribution is 0.0691. The van der Waals surface area contributed by atoms with Gasteiger partial charge in [-0.05, 0) is 42.0 Å². The van der Waals surface area contributed by atoms with Crippen LogP contribution in [0, 0.1) is 11.6 Å². The summed E-state index contributed by atoms with van der Waals surface area (Å²) in [4.78, 5) is 11.4. The highest BCUT2D eigenvalue weighted by Gasteiger charge is 2.11. The molecule has 20 heavy (non-hydrogen) atoms. The van der Waals surface area contributed by atoms with Gasteiger partial charge in [0.25, 0.3) is 0 Å². The van der Waals surface area contributed by atoms with Crippen LogP contribution in [0.4, 0.5) is 8.78 Å². The Hall–Kier alpha value is -1.40. The second-order valence-corrected chi connectivity index (χ2v) is 5.98. The molecule has 1 N–H and O–H groups in total. The van der Waals surface area contributed by atoms with Crippen molar-refractivity contribution in [3.8, 4) is 0 Å². The first-order valence-electron chi connectivity index (χ1n) is 5.56. The Kier molecular flexibility index (Phi) is 4.77. The van der Waals surface area contributed by atoms with E-state index in [1.54, 1.807) is 6.07 Å². The Morgan fingerprint density at radius 1 is 1.20 bits per heavy atom. The van der Waals surface area contributed by atoms with Gasteiger partial charge in [0.05, 0.1) is 5.56 Å². The number of carboxylic acid groups (broad SMARTS) is 1. The highest BCUT2D eigenvalue weighted by Crippen LogP contribution is 2.26. The predicted octanol–water partition coefficient (Wildman–Crippen LogP) is 4.72. The molecule has 0 bridgehead atoms. The van der Waals surface area contributed by atoms with Crippen LogP contribution >= 0.6 is 27.7 Å². The van der Waals surface area contributed by atoms with Crippen molar-refractivity contribution in [3.63, 3.8) is 0 Å². The van der Waals surface area contributed by atoms with E-state index in [0.717, 1.165) is 11.6 Å². The Labute approximate surface area is 126 Å². The third-order valence-corrected chi connectivity index (χ3v) is 4.02. The molecule has 104 valence electrons. The molecular weight excluding hydrogens is 350 g/mol. The molecule has 2 aromatic carbocycles. The standard InChI is InChI=1S/C14H9BrF2O2S/c15-9-3-8(4-10(16)5-9)7-20-11-1-2-13(17)12(6-11)14(18)19/h1-6H,7H2,(H,18,19). The second-order valence-electron chi connectivity index (χ2n) is 4.01. The van der Waals surface area contributed by atoms with Crippen LogP contribution in [0.25, 0.3) is 0 Å². The zero-order chi connectivity index (χ0) is 14.7. The van der Waals surface area contributed by atoms with Crippen LogP contribution in [0.1, 0.15) is 15.9 Å². The number of halogens is 3. The molecule has 2 nitrogen and oxygen atoms in total. The zero-order valence-corrected chi connectivity index (χ0v) is 12.5. The molecule has 0 aliphatic rings. The molecule has 0 aromatic heterocycles. The molecular formula is C14H9BrF2O2S. The summed E-state index contributed by atoms with van der Waals surface area (Å²) in [6.07, 6.45) is 0. The maximum Gasteiger partial charge on any atom is 0.338 e. The summed E-state index contributed by atoms with van der Waals surface area (Å²) < 4.78 is 27.1. The van der Waals surface area contributed by atoms with Gasteiger partial charge in [-0.2, -0.15) is 0 Å². The summed E-state index contributed by atoms with van der Waals surface area (Å²) in [7, 11) is 0. The second kappa shape index (κ2) is 6.37. The van der Waals surface area contributed by atoms with Crippen molar-refractivity contribution >= 4 is 33.7 Å². The van der Waals surface area contributed by atoms with Crippen molar-refractivity contribution in [3.05, 3.63) is 63.6 Å². The summed E-state index contributed by atoms with van der Waals surface area (Å²) in [5.74, 6) is -1.96. The topological polar surface area (TPSA) is 37.3 Å². The minimum absolute atomic E-state index is 0.347. The first-order valence-corrected chi connectivity index (χ1v) is 7.34. The minimum atomic E-state index is -1.31. The van der Waals surface area contributed by atoms with E-state index in [0.29, 0.717) is 15.1 Å². The van der Waals surface area contributed by atoms with E-state index in [1.165, 1.54) is 36.0 Å². The zero-order valence-electron chi connectivity index (χ0n) is 10.1. The van der Waals surface area contributed by atoms with Crippen LogP contribution in [0.3, 0.4) is 0 Å². The average molecular weight is 359 g/mol. The molecule has 0 aliphatic heterocycles. The molecule has 0 aliphatic carbocycles. The fourth-order valence-corrected chi connectivity index (χ4v) is 3.00. The Morgan fingerprint density at radius 2 is 1.95 bits per heavy atom. The van der Waals surface area contributed by atoms with Gasteiger partial charge in [0, 0.05) is 15.1 Å². The number of rotatable bonds is 4. The summed E-state index contributed by atoms with van der Waals surface area (Å²) in [6.45, 7) is 0. The van der Waals surface area contributed by atoms with E-state index in [-0.39, 0.29) is 11.4 Å². The largest absolute Gasteiger partial charge is 0.478 e. The van der Waals surface area contributed by atoms with Crippen molar-refractivity contribution < 1.29 is 18.7 Å². The summed E-state index contributed by atoms with van der Waals surface area (Å²) in [6, 6.07) is 8.43. The van der Waals surface area contributed by atoms with E-state index in [2.05, 4.69) is 15.9 Å².